The minimum absolute atomic E-state index is 0.0759. The molecular weight excluding hydrogens is 258 g/mol. The Labute approximate surface area is 111 Å². The molecule has 0 aliphatic rings. The quantitative estimate of drug-likeness (QED) is 0.859. The third kappa shape index (κ3) is 3.19. The smallest absolute Gasteiger partial charge is 0.352 e. The number of aromatic nitrogens is 1. The molecule has 0 radical (unpaired) electrons. The standard InChI is InChI=1S/C12H18ClNO2S/c1-4-12(5-2,17-3)8-14-7-9(13)6-10(14)11(15)16/h6-7H,4-5,8H2,1-3H3,(H,15,16). The van der Waals surface area contributed by atoms with Crippen molar-refractivity contribution in [3.8, 4) is 0 Å². The number of carboxylic acid groups (broad SMARTS) is 1. The molecule has 96 valence electrons. The molecule has 0 saturated heterocycles. The van der Waals surface area contributed by atoms with Gasteiger partial charge in [0.1, 0.15) is 5.69 Å². The Kier molecular flexibility index (Phi) is 4.95. The molecule has 0 bridgehead atoms. The predicted octanol–water partition coefficient (Wildman–Crippen LogP) is 3.76. The number of rotatable bonds is 6. The van der Waals surface area contributed by atoms with E-state index in [1.54, 1.807) is 22.5 Å². The number of hydrogen-bond acceptors (Lipinski definition) is 2. The number of halogens is 1. The number of carbonyl (C=O) groups is 1. The summed E-state index contributed by atoms with van der Waals surface area (Å²) in [7, 11) is 0. The second-order valence-electron chi connectivity index (χ2n) is 4.07. The first kappa shape index (κ1) is 14.5. The molecule has 0 unspecified atom stereocenters. The van der Waals surface area contributed by atoms with Crippen molar-refractivity contribution in [2.75, 3.05) is 6.26 Å². The summed E-state index contributed by atoms with van der Waals surface area (Å²) in [4.78, 5) is 11.1. The van der Waals surface area contributed by atoms with Crippen molar-refractivity contribution in [2.24, 2.45) is 0 Å². The summed E-state index contributed by atoms with van der Waals surface area (Å²) in [6, 6.07) is 1.50. The lowest BCUT2D eigenvalue weighted by atomic mass is 10.0. The van der Waals surface area contributed by atoms with E-state index in [4.69, 9.17) is 16.7 Å². The zero-order valence-electron chi connectivity index (χ0n) is 10.4. The lowest BCUT2D eigenvalue weighted by molar-refractivity contribution is 0.0684. The van der Waals surface area contributed by atoms with Gasteiger partial charge in [-0.3, -0.25) is 0 Å². The summed E-state index contributed by atoms with van der Waals surface area (Å²) in [5, 5.41) is 9.58. The van der Waals surface area contributed by atoms with Gasteiger partial charge in [-0.15, -0.1) is 0 Å². The van der Waals surface area contributed by atoms with Crippen LogP contribution in [0, 0.1) is 0 Å². The summed E-state index contributed by atoms with van der Waals surface area (Å²) >= 11 is 7.66. The predicted molar refractivity (Wildman–Crippen MR) is 73.2 cm³/mol. The van der Waals surface area contributed by atoms with Crippen LogP contribution in [0.3, 0.4) is 0 Å². The minimum atomic E-state index is -0.931. The summed E-state index contributed by atoms with van der Waals surface area (Å²) in [5.41, 5.74) is 0.260. The lowest BCUT2D eigenvalue weighted by Crippen LogP contribution is -2.30. The van der Waals surface area contributed by atoms with E-state index in [-0.39, 0.29) is 10.4 Å². The summed E-state index contributed by atoms with van der Waals surface area (Å²) in [6.45, 7) is 4.94. The first-order valence-electron chi connectivity index (χ1n) is 5.62. The molecule has 1 aromatic rings. The van der Waals surface area contributed by atoms with Gasteiger partial charge < -0.3 is 9.67 Å². The van der Waals surface area contributed by atoms with Crippen molar-refractivity contribution in [2.45, 2.75) is 38.0 Å². The topological polar surface area (TPSA) is 42.2 Å². The molecule has 0 saturated carbocycles. The van der Waals surface area contributed by atoms with E-state index in [0.29, 0.717) is 11.6 Å². The minimum Gasteiger partial charge on any atom is -0.477 e. The zero-order chi connectivity index (χ0) is 13.1. The Hall–Kier alpha value is -0.610. The van der Waals surface area contributed by atoms with E-state index in [9.17, 15) is 4.79 Å². The molecular formula is C12H18ClNO2S. The molecule has 0 aliphatic carbocycles. The van der Waals surface area contributed by atoms with E-state index in [0.717, 1.165) is 12.8 Å². The molecule has 3 nitrogen and oxygen atoms in total. The Morgan fingerprint density at radius 2 is 2.12 bits per heavy atom. The van der Waals surface area contributed by atoms with Crippen molar-refractivity contribution in [1.82, 2.24) is 4.57 Å². The van der Waals surface area contributed by atoms with E-state index < -0.39 is 5.97 Å². The van der Waals surface area contributed by atoms with Crippen molar-refractivity contribution in [3.05, 3.63) is 23.0 Å². The molecule has 0 atom stereocenters. The normalized spacial score (nSPS) is 11.8. The van der Waals surface area contributed by atoms with Gasteiger partial charge in [-0.2, -0.15) is 11.8 Å². The van der Waals surface area contributed by atoms with Gasteiger partial charge in [0.15, 0.2) is 0 Å². The lowest BCUT2D eigenvalue weighted by Gasteiger charge is -2.30. The average molecular weight is 276 g/mol. The molecule has 17 heavy (non-hydrogen) atoms. The van der Waals surface area contributed by atoms with Gasteiger partial charge in [0.05, 0.1) is 5.02 Å². The van der Waals surface area contributed by atoms with Gasteiger partial charge in [-0.25, -0.2) is 4.79 Å². The second kappa shape index (κ2) is 5.83. The Balaban J connectivity index is 3.04. The fourth-order valence-electron chi connectivity index (χ4n) is 1.92. The SMILES string of the molecule is CCC(CC)(Cn1cc(Cl)cc1C(=O)O)SC. The number of carboxylic acids is 1. The van der Waals surface area contributed by atoms with Crippen LogP contribution in [0.4, 0.5) is 0 Å². The monoisotopic (exact) mass is 275 g/mol. The molecule has 5 heteroatoms. The van der Waals surface area contributed by atoms with Gasteiger partial charge in [-0.1, -0.05) is 25.4 Å². The maximum atomic E-state index is 11.1. The molecule has 0 spiro atoms. The van der Waals surface area contributed by atoms with Crippen molar-refractivity contribution >= 4 is 29.3 Å². The number of thioether (sulfide) groups is 1. The van der Waals surface area contributed by atoms with Crippen molar-refractivity contribution in [1.29, 1.82) is 0 Å². The summed E-state index contributed by atoms with van der Waals surface area (Å²) in [5.74, 6) is -0.931. The molecule has 0 aromatic carbocycles. The van der Waals surface area contributed by atoms with Crippen LogP contribution in [0.1, 0.15) is 37.2 Å². The van der Waals surface area contributed by atoms with Crippen LogP contribution in [0.5, 0.6) is 0 Å². The average Bonchev–Trinajstić information content (AvgIpc) is 2.67. The van der Waals surface area contributed by atoms with Crippen LogP contribution >= 0.6 is 23.4 Å². The van der Waals surface area contributed by atoms with Gasteiger partial charge in [0.2, 0.25) is 0 Å². The maximum Gasteiger partial charge on any atom is 0.352 e. The van der Waals surface area contributed by atoms with Crippen LogP contribution in [0.2, 0.25) is 5.02 Å². The fraction of sp³-hybridized carbons (Fsp3) is 0.583. The van der Waals surface area contributed by atoms with Crippen LogP contribution in [-0.2, 0) is 6.54 Å². The summed E-state index contributed by atoms with van der Waals surface area (Å²) < 4.78 is 1.82. The molecule has 0 amide bonds. The number of hydrogen-bond donors (Lipinski definition) is 1. The Morgan fingerprint density at radius 1 is 1.53 bits per heavy atom. The highest BCUT2D eigenvalue weighted by atomic mass is 35.5. The first-order valence-corrected chi connectivity index (χ1v) is 7.22. The van der Waals surface area contributed by atoms with Gasteiger partial charge in [0.25, 0.3) is 0 Å². The van der Waals surface area contributed by atoms with E-state index >= 15 is 0 Å². The number of nitrogens with zero attached hydrogens (tertiary/aromatic N) is 1. The third-order valence-corrected chi connectivity index (χ3v) is 5.04. The Bertz CT molecular complexity index is 391. The fourth-order valence-corrected chi connectivity index (χ4v) is 2.99. The summed E-state index contributed by atoms with van der Waals surface area (Å²) in [6.07, 6.45) is 5.76. The van der Waals surface area contributed by atoms with Crippen LogP contribution < -0.4 is 0 Å². The molecule has 1 rings (SSSR count). The van der Waals surface area contributed by atoms with Crippen molar-refractivity contribution in [3.63, 3.8) is 0 Å². The largest absolute Gasteiger partial charge is 0.477 e. The van der Waals surface area contributed by atoms with Crippen LogP contribution in [-0.4, -0.2) is 26.6 Å². The highest BCUT2D eigenvalue weighted by Gasteiger charge is 2.27. The Morgan fingerprint density at radius 3 is 2.53 bits per heavy atom. The molecule has 0 fully saturated rings. The van der Waals surface area contributed by atoms with E-state index in [1.165, 1.54) is 6.07 Å². The highest BCUT2D eigenvalue weighted by Crippen LogP contribution is 2.33. The molecule has 0 aliphatic heterocycles. The number of aromatic carboxylic acids is 1. The van der Waals surface area contributed by atoms with Crippen molar-refractivity contribution < 1.29 is 9.90 Å². The second-order valence-corrected chi connectivity index (χ2v) is 5.78. The first-order chi connectivity index (χ1) is 7.98. The van der Waals surface area contributed by atoms with Crippen LogP contribution in [0.15, 0.2) is 12.3 Å². The van der Waals surface area contributed by atoms with E-state index in [2.05, 4.69) is 20.1 Å². The molecule has 1 heterocycles. The van der Waals surface area contributed by atoms with E-state index in [1.807, 2.05) is 0 Å². The van der Waals surface area contributed by atoms with Gasteiger partial charge >= 0.3 is 5.97 Å². The molecule has 1 aromatic heterocycles. The zero-order valence-corrected chi connectivity index (χ0v) is 11.9. The maximum absolute atomic E-state index is 11.1. The molecule has 1 N–H and O–H groups in total. The van der Waals surface area contributed by atoms with Gasteiger partial charge in [-0.05, 0) is 25.2 Å². The van der Waals surface area contributed by atoms with Crippen LogP contribution in [0.25, 0.3) is 0 Å². The third-order valence-electron chi connectivity index (χ3n) is 3.26. The highest BCUT2D eigenvalue weighted by molar-refractivity contribution is 8.00. The van der Waals surface area contributed by atoms with Gasteiger partial charge in [0, 0.05) is 17.5 Å².